The minimum Gasteiger partial charge on any atom is -0.329 e. The van der Waals surface area contributed by atoms with Crippen LogP contribution >= 0.6 is 0 Å². The lowest BCUT2D eigenvalue weighted by Crippen LogP contribution is -2.18. The van der Waals surface area contributed by atoms with Gasteiger partial charge in [0.25, 0.3) is 5.91 Å². The highest BCUT2D eigenvalue weighted by Crippen LogP contribution is 2.18. The van der Waals surface area contributed by atoms with Crippen molar-refractivity contribution in [2.45, 2.75) is 39.7 Å². The Morgan fingerprint density at radius 3 is 3.09 bits per heavy atom. The number of amides is 1. The fourth-order valence-corrected chi connectivity index (χ4v) is 3.01. The summed E-state index contributed by atoms with van der Waals surface area (Å²) < 4.78 is 2.13. The second-order valence-electron chi connectivity index (χ2n) is 5.87. The molecule has 1 atom stereocenters. The minimum absolute atomic E-state index is 0.196. The number of hydrazone groups is 1. The number of imidazole rings is 1. The topological polar surface area (TPSA) is 59.3 Å². The van der Waals surface area contributed by atoms with E-state index >= 15 is 0 Å². The van der Waals surface area contributed by atoms with Gasteiger partial charge in [0.15, 0.2) is 0 Å². The molecule has 1 amide bonds. The molecule has 0 spiro atoms. The van der Waals surface area contributed by atoms with Crippen molar-refractivity contribution in [3.63, 3.8) is 0 Å². The first kappa shape index (κ1) is 15.5. The first-order valence-corrected chi connectivity index (χ1v) is 8.14. The van der Waals surface area contributed by atoms with Gasteiger partial charge in [-0.15, -0.1) is 0 Å². The van der Waals surface area contributed by atoms with Gasteiger partial charge in [0.2, 0.25) is 0 Å². The molecule has 1 aliphatic rings. The van der Waals surface area contributed by atoms with E-state index in [1.165, 1.54) is 0 Å². The van der Waals surface area contributed by atoms with Crippen LogP contribution in [0.4, 0.5) is 0 Å². The third-order valence-corrected chi connectivity index (χ3v) is 4.28. The van der Waals surface area contributed by atoms with Crippen LogP contribution in [0.1, 0.15) is 42.4 Å². The second kappa shape index (κ2) is 6.77. The highest BCUT2D eigenvalue weighted by Gasteiger charge is 2.11. The number of hydrogen-bond donors (Lipinski definition) is 1. The van der Waals surface area contributed by atoms with Crippen molar-refractivity contribution in [2.75, 3.05) is 0 Å². The average Bonchev–Trinajstić information content (AvgIpc) is 2.89. The summed E-state index contributed by atoms with van der Waals surface area (Å²) in [5.41, 5.74) is 5.10. The van der Waals surface area contributed by atoms with E-state index in [9.17, 15) is 4.79 Å². The Morgan fingerprint density at radius 2 is 2.35 bits per heavy atom. The molecule has 0 radical (unpaired) electrons. The van der Waals surface area contributed by atoms with Crippen molar-refractivity contribution in [1.82, 2.24) is 15.0 Å². The van der Waals surface area contributed by atoms with Crippen LogP contribution in [-0.2, 0) is 6.54 Å². The number of allylic oxidation sites excluding steroid dienone is 2. The lowest BCUT2D eigenvalue weighted by molar-refractivity contribution is 0.0955. The zero-order valence-corrected chi connectivity index (χ0v) is 13.6. The molecule has 0 aliphatic heterocycles. The van der Waals surface area contributed by atoms with Gasteiger partial charge in [0, 0.05) is 18.3 Å². The predicted octanol–water partition coefficient (Wildman–Crippen LogP) is 3.44. The molecule has 1 aromatic heterocycles. The van der Waals surface area contributed by atoms with E-state index in [-0.39, 0.29) is 5.91 Å². The molecule has 23 heavy (non-hydrogen) atoms. The smallest absolute Gasteiger partial charge is 0.271 e. The Bertz CT molecular complexity index is 773. The second-order valence-corrected chi connectivity index (χ2v) is 5.87. The zero-order valence-electron chi connectivity index (χ0n) is 13.6. The number of nitrogens with one attached hydrogen (secondary N) is 1. The largest absolute Gasteiger partial charge is 0.329 e. The van der Waals surface area contributed by atoms with Crippen molar-refractivity contribution in [1.29, 1.82) is 0 Å². The molecule has 0 saturated heterocycles. The summed E-state index contributed by atoms with van der Waals surface area (Å²) in [6.45, 7) is 4.93. The maximum Gasteiger partial charge on any atom is 0.271 e. The maximum absolute atomic E-state index is 12.2. The summed E-state index contributed by atoms with van der Waals surface area (Å²) in [6, 6.07) is 5.59. The van der Waals surface area contributed by atoms with Gasteiger partial charge in [-0.3, -0.25) is 4.79 Å². The number of aryl methyl sites for hydroxylation is 2. The number of carbonyl (C=O) groups is 1. The number of carbonyl (C=O) groups excluding carboxylic acids is 1. The first-order chi connectivity index (χ1) is 11.2. The summed E-state index contributed by atoms with van der Waals surface area (Å²) in [7, 11) is 0. The molecular formula is C18H22N4O. The first-order valence-electron chi connectivity index (χ1n) is 8.14. The van der Waals surface area contributed by atoms with Gasteiger partial charge >= 0.3 is 0 Å². The van der Waals surface area contributed by atoms with Gasteiger partial charge in [-0.2, -0.15) is 5.10 Å². The predicted molar refractivity (Wildman–Crippen MR) is 92.6 cm³/mol. The van der Waals surface area contributed by atoms with E-state index in [4.69, 9.17) is 0 Å². The van der Waals surface area contributed by atoms with Crippen LogP contribution in [0.15, 0.2) is 35.5 Å². The van der Waals surface area contributed by atoms with Crippen LogP contribution in [-0.4, -0.2) is 21.7 Å². The number of hydrogen-bond acceptors (Lipinski definition) is 3. The van der Waals surface area contributed by atoms with Crippen LogP contribution in [0, 0.1) is 12.8 Å². The average molecular weight is 310 g/mol. The molecule has 5 heteroatoms. The Morgan fingerprint density at radius 1 is 1.48 bits per heavy atom. The quantitative estimate of drug-likeness (QED) is 0.534. The maximum atomic E-state index is 12.2. The molecule has 5 nitrogen and oxygen atoms in total. The van der Waals surface area contributed by atoms with E-state index in [0.717, 1.165) is 42.7 Å². The zero-order chi connectivity index (χ0) is 16.2. The Hall–Kier alpha value is -2.43. The van der Waals surface area contributed by atoms with E-state index in [1.807, 2.05) is 31.3 Å². The monoisotopic (exact) mass is 310 g/mol. The fraction of sp³-hybridized carbons (Fsp3) is 0.389. The molecule has 0 saturated carbocycles. The summed E-state index contributed by atoms with van der Waals surface area (Å²) in [4.78, 5) is 16.7. The van der Waals surface area contributed by atoms with Crippen molar-refractivity contribution < 1.29 is 4.79 Å². The summed E-state index contributed by atoms with van der Waals surface area (Å²) in [5, 5.41) is 4.11. The van der Waals surface area contributed by atoms with Gasteiger partial charge in [0.1, 0.15) is 5.82 Å². The molecule has 0 fully saturated rings. The standard InChI is InChI=1S/C18H22N4O/c1-3-22-13(2)20-16-11-15(9-10-17(16)22)18(23)21-19-12-14-7-5-4-6-8-14/h4-5,9-12,14H,3,6-8H2,1-2H3,(H,21,23)/b19-12-/t14-/m0/s1. The van der Waals surface area contributed by atoms with E-state index in [1.54, 1.807) is 0 Å². The molecular weight excluding hydrogens is 288 g/mol. The summed E-state index contributed by atoms with van der Waals surface area (Å²) in [6.07, 6.45) is 9.38. The molecule has 1 aromatic carbocycles. The molecule has 0 bridgehead atoms. The number of fused-ring (bicyclic) bond motifs is 1. The highest BCUT2D eigenvalue weighted by atomic mass is 16.2. The lowest BCUT2D eigenvalue weighted by atomic mass is 9.96. The molecule has 1 heterocycles. The van der Waals surface area contributed by atoms with Crippen molar-refractivity contribution in [3.8, 4) is 0 Å². The van der Waals surface area contributed by atoms with Gasteiger partial charge in [-0.05, 0) is 57.2 Å². The minimum atomic E-state index is -0.196. The number of aromatic nitrogens is 2. The Labute approximate surface area is 136 Å². The van der Waals surface area contributed by atoms with Gasteiger partial charge in [-0.25, -0.2) is 10.4 Å². The molecule has 120 valence electrons. The van der Waals surface area contributed by atoms with Crippen LogP contribution in [0.3, 0.4) is 0 Å². The van der Waals surface area contributed by atoms with Gasteiger partial charge < -0.3 is 4.57 Å². The van der Waals surface area contributed by atoms with Crippen molar-refractivity contribution in [2.24, 2.45) is 11.0 Å². The molecule has 2 aromatic rings. The van der Waals surface area contributed by atoms with E-state index in [0.29, 0.717) is 11.5 Å². The van der Waals surface area contributed by atoms with Crippen LogP contribution in [0.5, 0.6) is 0 Å². The molecule has 0 unspecified atom stereocenters. The molecule has 3 rings (SSSR count). The third-order valence-electron chi connectivity index (χ3n) is 4.28. The molecule has 1 aliphatic carbocycles. The third kappa shape index (κ3) is 3.33. The van der Waals surface area contributed by atoms with Gasteiger partial charge in [-0.1, -0.05) is 12.2 Å². The van der Waals surface area contributed by atoms with E-state index in [2.05, 4.69) is 39.2 Å². The van der Waals surface area contributed by atoms with Crippen LogP contribution in [0.2, 0.25) is 0 Å². The number of benzene rings is 1. The normalized spacial score (nSPS) is 17.9. The summed E-state index contributed by atoms with van der Waals surface area (Å²) >= 11 is 0. The molecule has 1 N–H and O–H groups in total. The van der Waals surface area contributed by atoms with Crippen LogP contribution in [0.25, 0.3) is 11.0 Å². The Kier molecular flexibility index (Phi) is 4.55. The SMILES string of the molecule is CCn1c(C)nc2cc(C(=O)N/N=C\[C@H]3CC=CCC3)ccc21. The number of nitrogens with zero attached hydrogens (tertiary/aromatic N) is 3. The van der Waals surface area contributed by atoms with Crippen LogP contribution < -0.4 is 5.43 Å². The summed E-state index contributed by atoms with van der Waals surface area (Å²) in [5.74, 6) is 1.19. The Balaban J connectivity index is 1.71. The van der Waals surface area contributed by atoms with Gasteiger partial charge in [0.05, 0.1) is 11.0 Å². The lowest BCUT2D eigenvalue weighted by Gasteiger charge is -2.11. The fourth-order valence-electron chi connectivity index (χ4n) is 3.01. The van der Waals surface area contributed by atoms with E-state index < -0.39 is 0 Å². The van der Waals surface area contributed by atoms with Crippen molar-refractivity contribution in [3.05, 3.63) is 41.7 Å². The number of rotatable bonds is 4. The highest BCUT2D eigenvalue weighted by molar-refractivity contribution is 5.97. The van der Waals surface area contributed by atoms with Crippen molar-refractivity contribution >= 4 is 23.2 Å².